The van der Waals surface area contributed by atoms with Gasteiger partial charge in [0.05, 0.1) is 0 Å². The summed E-state index contributed by atoms with van der Waals surface area (Å²) in [6.45, 7) is 8.95. The Hall–Kier alpha value is -0.980. The van der Waals surface area contributed by atoms with E-state index in [1.54, 1.807) is 0 Å². The topological polar surface area (TPSA) is 20.2 Å². The first-order valence-corrected chi connectivity index (χ1v) is 6.79. The third-order valence-electron chi connectivity index (χ3n) is 3.06. The summed E-state index contributed by atoms with van der Waals surface area (Å²) in [5.74, 6) is 1.86. The molecule has 0 bridgehead atoms. The Kier molecular flexibility index (Phi) is 5.54. The van der Waals surface area contributed by atoms with E-state index in [2.05, 4.69) is 33.8 Å². The Balaban J connectivity index is 2.65. The molecule has 0 aliphatic carbocycles. The van der Waals surface area contributed by atoms with Gasteiger partial charge in [0.1, 0.15) is 5.75 Å². The number of hydrogen-bond donors (Lipinski definition) is 1. The van der Waals surface area contributed by atoms with Crippen LogP contribution in [0.1, 0.15) is 51.7 Å². The van der Waals surface area contributed by atoms with Gasteiger partial charge >= 0.3 is 0 Å². The smallest absolute Gasteiger partial charge is 0.116 e. The van der Waals surface area contributed by atoms with Crippen LogP contribution >= 0.6 is 0 Å². The summed E-state index contributed by atoms with van der Waals surface area (Å²) >= 11 is 0. The Morgan fingerprint density at radius 3 is 1.59 bits per heavy atom. The van der Waals surface area contributed by atoms with Crippen molar-refractivity contribution in [2.75, 3.05) is 0 Å². The van der Waals surface area contributed by atoms with Crippen molar-refractivity contribution in [1.29, 1.82) is 0 Å². The second kappa shape index (κ2) is 6.68. The highest BCUT2D eigenvalue weighted by molar-refractivity contribution is 5.33. The summed E-state index contributed by atoms with van der Waals surface area (Å²) in [7, 11) is 0. The van der Waals surface area contributed by atoms with Crippen molar-refractivity contribution in [3.05, 3.63) is 29.3 Å². The van der Waals surface area contributed by atoms with Gasteiger partial charge in [-0.05, 0) is 60.8 Å². The fraction of sp³-hybridized carbons (Fsp3) is 0.625. The normalized spacial score (nSPS) is 11.4. The largest absolute Gasteiger partial charge is 0.508 e. The van der Waals surface area contributed by atoms with Crippen LogP contribution in [-0.2, 0) is 12.8 Å². The molecule has 0 aliphatic heterocycles. The zero-order chi connectivity index (χ0) is 12.8. The summed E-state index contributed by atoms with van der Waals surface area (Å²) in [4.78, 5) is 0. The SMILES string of the molecule is CC(C)CCc1cc(O)cc(CCC(C)C)c1. The average Bonchev–Trinajstić information content (AvgIpc) is 2.23. The molecule has 1 aromatic rings. The molecule has 0 aliphatic rings. The van der Waals surface area contributed by atoms with E-state index in [-0.39, 0.29) is 0 Å². The molecule has 0 aromatic heterocycles. The fourth-order valence-corrected chi connectivity index (χ4v) is 1.94. The van der Waals surface area contributed by atoms with Crippen LogP contribution < -0.4 is 0 Å². The summed E-state index contributed by atoms with van der Waals surface area (Å²) in [6, 6.07) is 6.06. The van der Waals surface area contributed by atoms with Crippen LogP contribution in [0.5, 0.6) is 5.75 Å². The summed E-state index contributed by atoms with van der Waals surface area (Å²) in [5.41, 5.74) is 2.55. The molecule has 0 saturated heterocycles. The molecule has 0 spiro atoms. The molecule has 0 saturated carbocycles. The van der Waals surface area contributed by atoms with Crippen LogP contribution in [-0.4, -0.2) is 5.11 Å². The van der Waals surface area contributed by atoms with E-state index < -0.39 is 0 Å². The number of phenols is 1. The van der Waals surface area contributed by atoms with Gasteiger partial charge in [0.15, 0.2) is 0 Å². The Morgan fingerprint density at radius 1 is 0.824 bits per heavy atom. The summed E-state index contributed by atoms with van der Waals surface area (Å²) in [5, 5.41) is 9.72. The van der Waals surface area contributed by atoms with E-state index in [1.165, 1.54) is 24.0 Å². The standard InChI is InChI=1S/C16H26O/c1-12(2)5-7-14-9-15(8-6-13(3)4)11-16(17)10-14/h9-13,17H,5-8H2,1-4H3. The number of phenolic OH excluding ortho intramolecular Hbond substituents is 1. The van der Waals surface area contributed by atoms with E-state index in [0.29, 0.717) is 5.75 Å². The third-order valence-corrected chi connectivity index (χ3v) is 3.06. The maximum Gasteiger partial charge on any atom is 0.116 e. The number of hydrogen-bond acceptors (Lipinski definition) is 1. The minimum atomic E-state index is 0.421. The van der Waals surface area contributed by atoms with Gasteiger partial charge in [0.25, 0.3) is 0 Å². The van der Waals surface area contributed by atoms with Crippen LogP contribution in [0.15, 0.2) is 18.2 Å². The first kappa shape index (κ1) is 14.1. The minimum Gasteiger partial charge on any atom is -0.508 e. The highest BCUT2D eigenvalue weighted by Gasteiger charge is 2.03. The highest BCUT2D eigenvalue weighted by atomic mass is 16.3. The Labute approximate surface area is 106 Å². The second-order valence-corrected chi connectivity index (χ2v) is 5.87. The van der Waals surface area contributed by atoms with Crippen LogP contribution in [0.3, 0.4) is 0 Å². The van der Waals surface area contributed by atoms with Gasteiger partial charge < -0.3 is 5.11 Å². The monoisotopic (exact) mass is 234 g/mol. The van der Waals surface area contributed by atoms with Crippen LogP contribution in [0, 0.1) is 11.8 Å². The van der Waals surface area contributed by atoms with Crippen LogP contribution in [0.25, 0.3) is 0 Å². The fourth-order valence-electron chi connectivity index (χ4n) is 1.94. The summed E-state index contributed by atoms with van der Waals surface area (Å²) in [6.07, 6.45) is 4.52. The molecule has 0 heterocycles. The van der Waals surface area contributed by atoms with Crippen molar-refractivity contribution < 1.29 is 5.11 Å². The molecule has 96 valence electrons. The Morgan fingerprint density at radius 2 is 1.24 bits per heavy atom. The van der Waals surface area contributed by atoms with Gasteiger partial charge in [-0.2, -0.15) is 0 Å². The molecule has 0 amide bonds. The predicted molar refractivity (Wildman–Crippen MR) is 74.4 cm³/mol. The zero-order valence-corrected chi connectivity index (χ0v) is 11.7. The van der Waals surface area contributed by atoms with E-state index >= 15 is 0 Å². The first-order chi connectivity index (χ1) is 7.97. The second-order valence-electron chi connectivity index (χ2n) is 5.87. The molecule has 17 heavy (non-hydrogen) atoms. The van der Waals surface area contributed by atoms with E-state index in [9.17, 15) is 5.11 Å². The van der Waals surface area contributed by atoms with Gasteiger partial charge in [-0.1, -0.05) is 33.8 Å². The number of aryl methyl sites for hydroxylation is 2. The molecule has 1 nitrogen and oxygen atoms in total. The van der Waals surface area contributed by atoms with Crippen LogP contribution in [0.4, 0.5) is 0 Å². The van der Waals surface area contributed by atoms with Gasteiger partial charge in [0.2, 0.25) is 0 Å². The number of benzene rings is 1. The molecule has 1 aromatic carbocycles. The van der Waals surface area contributed by atoms with Crippen molar-refractivity contribution in [3.8, 4) is 5.75 Å². The van der Waals surface area contributed by atoms with Crippen molar-refractivity contribution in [2.45, 2.75) is 53.4 Å². The lowest BCUT2D eigenvalue weighted by molar-refractivity contribution is 0.472. The number of rotatable bonds is 6. The number of aromatic hydroxyl groups is 1. The molecular formula is C16H26O. The van der Waals surface area contributed by atoms with Crippen molar-refractivity contribution in [1.82, 2.24) is 0 Å². The molecule has 0 radical (unpaired) electrons. The maximum absolute atomic E-state index is 9.72. The molecule has 0 fully saturated rings. The molecule has 0 atom stereocenters. The molecule has 0 unspecified atom stereocenters. The van der Waals surface area contributed by atoms with Crippen molar-refractivity contribution in [3.63, 3.8) is 0 Å². The highest BCUT2D eigenvalue weighted by Crippen LogP contribution is 2.20. The third kappa shape index (κ3) is 5.76. The first-order valence-electron chi connectivity index (χ1n) is 6.79. The van der Waals surface area contributed by atoms with Gasteiger partial charge in [-0.25, -0.2) is 0 Å². The zero-order valence-electron chi connectivity index (χ0n) is 11.7. The van der Waals surface area contributed by atoms with Crippen molar-refractivity contribution in [2.24, 2.45) is 11.8 Å². The maximum atomic E-state index is 9.72. The molecule has 1 heteroatoms. The van der Waals surface area contributed by atoms with E-state index in [1.807, 2.05) is 12.1 Å². The predicted octanol–water partition coefficient (Wildman–Crippen LogP) is 4.57. The molecule has 1 rings (SSSR count). The van der Waals surface area contributed by atoms with E-state index in [4.69, 9.17) is 0 Å². The van der Waals surface area contributed by atoms with Gasteiger partial charge in [-0.15, -0.1) is 0 Å². The quantitative estimate of drug-likeness (QED) is 0.764. The lowest BCUT2D eigenvalue weighted by atomic mass is 9.97. The van der Waals surface area contributed by atoms with Gasteiger partial charge in [-0.3, -0.25) is 0 Å². The lowest BCUT2D eigenvalue weighted by Gasteiger charge is -2.09. The van der Waals surface area contributed by atoms with E-state index in [0.717, 1.165) is 24.7 Å². The minimum absolute atomic E-state index is 0.421. The average molecular weight is 234 g/mol. The van der Waals surface area contributed by atoms with Crippen molar-refractivity contribution >= 4 is 0 Å². The molecular weight excluding hydrogens is 208 g/mol. The lowest BCUT2D eigenvalue weighted by Crippen LogP contribution is -1.96. The van der Waals surface area contributed by atoms with Gasteiger partial charge in [0, 0.05) is 0 Å². The Bertz CT molecular complexity index is 309. The molecule has 1 N–H and O–H groups in total. The summed E-state index contributed by atoms with van der Waals surface area (Å²) < 4.78 is 0. The van der Waals surface area contributed by atoms with Crippen LogP contribution in [0.2, 0.25) is 0 Å².